The predicted molar refractivity (Wildman–Crippen MR) is 91.6 cm³/mol. The Morgan fingerprint density at radius 1 is 1.10 bits per heavy atom. The highest BCUT2D eigenvalue weighted by atomic mass is 15.1. The average molecular weight is 288 g/mol. The van der Waals surface area contributed by atoms with Crippen molar-refractivity contribution in [3.63, 3.8) is 0 Å². The van der Waals surface area contributed by atoms with E-state index in [0.29, 0.717) is 0 Å². The van der Waals surface area contributed by atoms with Crippen LogP contribution in [0.5, 0.6) is 0 Å². The van der Waals surface area contributed by atoms with Crippen molar-refractivity contribution in [1.82, 2.24) is 10.2 Å². The minimum Gasteiger partial charge on any atom is -0.312 e. The van der Waals surface area contributed by atoms with E-state index in [2.05, 4.69) is 62.2 Å². The van der Waals surface area contributed by atoms with Gasteiger partial charge in [0.15, 0.2) is 0 Å². The molecule has 2 rings (SSSR count). The maximum Gasteiger partial charge on any atom is 0.0236 e. The van der Waals surface area contributed by atoms with Crippen LogP contribution in [0.4, 0.5) is 0 Å². The maximum absolute atomic E-state index is 3.59. The number of piperidine rings is 1. The molecule has 0 aliphatic carbocycles. The van der Waals surface area contributed by atoms with Gasteiger partial charge in [-0.1, -0.05) is 31.2 Å². The molecule has 21 heavy (non-hydrogen) atoms. The summed E-state index contributed by atoms with van der Waals surface area (Å²) in [7, 11) is 0. The summed E-state index contributed by atoms with van der Waals surface area (Å²) >= 11 is 0. The lowest BCUT2D eigenvalue weighted by molar-refractivity contribution is 0.185. The second kappa shape index (κ2) is 7.42. The molecule has 1 aliphatic heterocycles. The second-order valence-corrected chi connectivity index (χ2v) is 7.65. The minimum absolute atomic E-state index is 0.206. The van der Waals surface area contributed by atoms with E-state index in [9.17, 15) is 0 Å². The first kappa shape index (κ1) is 16.5. The van der Waals surface area contributed by atoms with E-state index in [1.807, 2.05) is 0 Å². The molecular formula is C19H32N2. The Kier molecular flexibility index (Phi) is 5.83. The third-order valence-corrected chi connectivity index (χ3v) is 4.44. The van der Waals surface area contributed by atoms with Crippen LogP contribution in [0.1, 0.15) is 51.7 Å². The topological polar surface area (TPSA) is 15.3 Å². The lowest BCUT2D eigenvalue weighted by Gasteiger charge is -2.30. The highest BCUT2D eigenvalue weighted by Crippen LogP contribution is 2.20. The summed E-state index contributed by atoms with van der Waals surface area (Å²) < 4.78 is 0. The Hall–Kier alpha value is -0.860. The van der Waals surface area contributed by atoms with Crippen molar-refractivity contribution in [2.24, 2.45) is 5.92 Å². The van der Waals surface area contributed by atoms with Crippen LogP contribution >= 0.6 is 0 Å². The molecule has 1 aliphatic rings. The molecule has 0 amide bonds. The highest BCUT2D eigenvalue weighted by molar-refractivity contribution is 5.27. The molecule has 0 spiro atoms. The molecule has 2 nitrogen and oxygen atoms in total. The van der Waals surface area contributed by atoms with E-state index in [0.717, 1.165) is 25.4 Å². The highest BCUT2D eigenvalue weighted by Gasteiger charge is 2.16. The molecule has 0 unspecified atom stereocenters. The fourth-order valence-corrected chi connectivity index (χ4v) is 2.99. The first-order valence-corrected chi connectivity index (χ1v) is 8.48. The number of rotatable bonds is 5. The monoisotopic (exact) mass is 288 g/mol. The first-order valence-electron chi connectivity index (χ1n) is 8.48. The van der Waals surface area contributed by atoms with E-state index in [-0.39, 0.29) is 5.54 Å². The van der Waals surface area contributed by atoms with Gasteiger partial charge in [-0.2, -0.15) is 0 Å². The van der Waals surface area contributed by atoms with Gasteiger partial charge < -0.3 is 5.32 Å². The van der Waals surface area contributed by atoms with Crippen molar-refractivity contribution in [2.45, 2.75) is 59.0 Å². The SMILES string of the molecule is CC1CCN(Cc2ccccc2CCNC(C)(C)C)CC1. The van der Waals surface area contributed by atoms with Crippen molar-refractivity contribution >= 4 is 0 Å². The van der Waals surface area contributed by atoms with Crippen LogP contribution in [0.15, 0.2) is 24.3 Å². The van der Waals surface area contributed by atoms with Crippen LogP contribution in [0, 0.1) is 5.92 Å². The molecule has 1 aromatic carbocycles. The summed E-state index contributed by atoms with van der Waals surface area (Å²) in [5.41, 5.74) is 3.23. The van der Waals surface area contributed by atoms with Gasteiger partial charge in [0, 0.05) is 12.1 Å². The maximum atomic E-state index is 3.59. The Labute approximate surface area is 130 Å². The van der Waals surface area contributed by atoms with Crippen LogP contribution in [-0.2, 0) is 13.0 Å². The lowest BCUT2D eigenvalue weighted by atomic mass is 9.97. The molecule has 1 fully saturated rings. The second-order valence-electron chi connectivity index (χ2n) is 7.65. The fourth-order valence-electron chi connectivity index (χ4n) is 2.99. The normalized spacial score (nSPS) is 18.1. The molecule has 1 aromatic rings. The van der Waals surface area contributed by atoms with Crippen molar-refractivity contribution in [3.8, 4) is 0 Å². The van der Waals surface area contributed by atoms with Gasteiger partial charge in [-0.3, -0.25) is 4.90 Å². The largest absolute Gasteiger partial charge is 0.312 e. The van der Waals surface area contributed by atoms with Crippen LogP contribution in [-0.4, -0.2) is 30.1 Å². The molecule has 0 radical (unpaired) electrons. The molecule has 0 bridgehead atoms. The van der Waals surface area contributed by atoms with E-state index in [4.69, 9.17) is 0 Å². The van der Waals surface area contributed by atoms with Crippen molar-refractivity contribution in [3.05, 3.63) is 35.4 Å². The van der Waals surface area contributed by atoms with E-state index < -0.39 is 0 Å². The summed E-state index contributed by atoms with van der Waals surface area (Å²) in [5, 5.41) is 3.59. The van der Waals surface area contributed by atoms with Crippen molar-refractivity contribution in [1.29, 1.82) is 0 Å². The molecule has 2 heteroatoms. The number of likely N-dealkylation sites (tertiary alicyclic amines) is 1. The molecule has 1 saturated heterocycles. The summed E-state index contributed by atoms with van der Waals surface area (Å²) in [5.74, 6) is 0.910. The average Bonchev–Trinajstić information content (AvgIpc) is 2.42. The Balaban J connectivity index is 1.90. The van der Waals surface area contributed by atoms with Crippen LogP contribution < -0.4 is 5.32 Å². The van der Waals surface area contributed by atoms with Gasteiger partial charge in [-0.05, 0) is 76.7 Å². The predicted octanol–water partition coefficient (Wildman–Crippen LogP) is 3.85. The number of hydrogen-bond donors (Lipinski definition) is 1. The molecule has 118 valence electrons. The van der Waals surface area contributed by atoms with E-state index in [1.54, 1.807) is 0 Å². The van der Waals surface area contributed by atoms with E-state index >= 15 is 0 Å². The van der Waals surface area contributed by atoms with Gasteiger partial charge in [-0.15, -0.1) is 0 Å². The Morgan fingerprint density at radius 2 is 1.71 bits per heavy atom. The molecule has 0 atom stereocenters. The molecule has 0 saturated carbocycles. The van der Waals surface area contributed by atoms with Crippen molar-refractivity contribution < 1.29 is 0 Å². The number of benzene rings is 1. The standard InChI is InChI=1S/C19H32N2/c1-16-10-13-21(14-11-16)15-18-8-6-5-7-17(18)9-12-20-19(2,3)4/h5-8,16,20H,9-15H2,1-4H3. The first-order chi connectivity index (χ1) is 9.94. The number of nitrogens with zero attached hydrogens (tertiary/aromatic N) is 1. The fraction of sp³-hybridized carbons (Fsp3) is 0.684. The smallest absolute Gasteiger partial charge is 0.0236 e. The van der Waals surface area contributed by atoms with Crippen LogP contribution in [0.2, 0.25) is 0 Å². The van der Waals surface area contributed by atoms with E-state index in [1.165, 1.54) is 37.1 Å². The van der Waals surface area contributed by atoms with Crippen LogP contribution in [0.3, 0.4) is 0 Å². The summed E-state index contributed by atoms with van der Waals surface area (Å²) in [6.45, 7) is 13.8. The van der Waals surface area contributed by atoms with Crippen molar-refractivity contribution in [2.75, 3.05) is 19.6 Å². The lowest BCUT2D eigenvalue weighted by Crippen LogP contribution is -2.37. The molecular weight excluding hydrogens is 256 g/mol. The zero-order chi connectivity index (χ0) is 15.3. The zero-order valence-electron chi connectivity index (χ0n) is 14.3. The quantitative estimate of drug-likeness (QED) is 0.885. The zero-order valence-corrected chi connectivity index (χ0v) is 14.3. The van der Waals surface area contributed by atoms with Gasteiger partial charge in [0.05, 0.1) is 0 Å². The van der Waals surface area contributed by atoms with Gasteiger partial charge >= 0.3 is 0 Å². The summed E-state index contributed by atoms with van der Waals surface area (Å²) in [6, 6.07) is 8.97. The van der Waals surface area contributed by atoms with Gasteiger partial charge in [0.25, 0.3) is 0 Å². The van der Waals surface area contributed by atoms with Gasteiger partial charge in [0.1, 0.15) is 0 Å². The minimum atomic E-state index is 0.206. The van der Waals surface area contributed by atoms with Crippen LogP contribution in [0.25, 0.3) is 0 Å². The third-order valence-electron chi connectivity index (χ3n) is 4.44. The molecule has 0 aromatic heterocycles. The molecule has 1 heterocycles. The summed E-state index contributed by atoms with van der Waals surface area (Å²) in [6.07, 6.45) is 3.83. The summed E-state index contributed by atoms with van der Waals surface area (Å²) in [4.78, 5) is 2.62. The van der Waals surface area contributed by atoms with Gasteiger partial charge in [0.2, 0.25) is 0 Å². The molecule has 1 N–H and O–H groups in total. The Bertz CT molecular complexity index is 425. The number of hydrogen-bond acceptors (Lipinski definition) is 2. The third kappa shape index (κ3) is 5.80. The Morgan fingerprint density at radius 3 is 2.33 bits per heavy atom. The van der Waals surface area contributed by atoms with Gasteiger partial charge in [-0.25, -0.2) is 0 Å². The number of nitrogens with one attached hydrogen (secondary N) is 1.